The molecule has 0 spiro atoms. The maximum atomic E-state index is 11.4. The predicted octanol–water partition coefficient (Wildman–Crippen LogP) is 2.90. The highest BCUT2D eigenvalue weighted by molar-refractivity contribution is 5.95. The number of hydrogen-bond acceptors (Lipinski definition) is 5. The van der Waals surface area contributed by atoms with Gasteiger partial charge in [0.25, 0.3) is 0 Å². The molecule has 0 aliphatic heterocycles. The number of nitrogens with one attached hydrogen (secondary N) is 1. The van der Waals surface area contributed by atoms with Crippen LogP contribution in [0.2, 0.25) is 0 Å². The number of primary amides is 1. The maximum absolute atomic E-state index is 11.4. The van der Waals surface area contributed by atoms with Crippen LogP contribution in [-0.2, 0) is 9.59 Å². The van der Waals surface area contributed by atoms with Crippen LogP contribution in [0.3, 0.4) is 0 Å². The van der Waals surface area contributed by atoms with E-state index in [1.165, 1.54) is 6.92 Å². The number of nitrogens with two attached hydrogens (primary N) is 1. The Balaban J connectivity index is 1.93. The first-order valence-electron chi connectivity index (χ1n) is 8.59. The normalized spacial score (nSPS) is 10.6. The van der Waals surface area contributed by atoms with Crippen molar-refractivity contribution in [1.29, 1.82) is 0 Å². The van der Waals surface area contributed by atoms with Crippen LogP contribution >= 0.6 is 0 Å². The summed E-state index contributed by atoms with van der Waals surface area (Å²) < 4.78 is 5.70. The fourth-order valence-corrected chi connectivity index (χ4v) is 2.68. The van der Waals surface area contributed by atoms with Crippen molar-refractivity contribution in [1.82, 2.24) is 9.97 Å². The summed E-state index contributed by atoms with van der Waals surface area (Å²) in [6, 6.07) is 15.1. The summed E-state index contributed by atoms with van der Waals surface area (Å²) in [5, 5.41) is 3.51. The second-order valence-electron chi connectivity index (χ2n) is 6.04. The van der Waals surface area contributed by atoms with Gasteiger partial charge in [-0.05, 0) is 24.6 Å². The molecule has 2 aromatic carbocycles. The third-order valence-electron chi connectivity index (χ3n) is 3.83. The third kappa shape index (κ3) is 4.78. The van der Waals surface area contributed by atoms with Crippen molar-refractivity contribution >= 4 is 28.7 Å². The number of amides is 2. The van der Waals surface area contributed by atoms with Crippen LogP contribution in [0.25, 0.3) is 22.2 Å². The molecule has 0 saturated heterocycles. The molecular weight excluding hydrogens is 344 g/mol. The van der Waals surface area contributed by atoms with Crippen LogP contribution in [0.5, 0.6) is 5.75 Å². The molecule has 3 aromatic rings. The Morgan fingerprint density at radius 1 is 1.11 bits per heavy atom. The van der Waals surface area contributed by atoms with E-state index in [9.17, 15) is 9.59 Å². The molecule has 0 unspecified atom stereocenters. The van der Waals surface area contributed by atoms with E-state index in [1.54, 1.807) is 0 Å². The fraction of sp³-hybridized carbons (Fsp3) is 0.200. The Bertz CT molecular complexity index is 988. The Morgan fingerprint density at radius 2 is 1.93 bits per heavy atom. The molecule has 138 valence electrons. The van der Waals surface area contributed by atoms with Gasteiger partial charge in [0.1, 0.15) is 5.75 Å². The summed E-state index contributed by atoms with van der Waals surface area (Å²) in [4.78, 5) is 31.1. The Hall–Kier alpha value is -3.48. The van der Waals surface area contributed by atoms with E-state index in [2.05, 4.69) is 15.3 Å². The summed E-state index contributed by atoms with van der Waals surface area (Å²) in [7, 11) is 0. The highest BCUT2D eigenvalue weighted by atomic mass is 16.5. The van der Waals surface area contributed by atoms with Gasteiger partial charge in [0.2, 0.25) is 17.8 Å². The van der Waals surface area contributed by atoms with E-state index in [-0.39, 0.29) is 24.2 Å². The monoisotopic (exact) mass is 364 g/mol. The topological polar surface area (TPSA) is 107 Å². The van der Waals surface area contributed by atoms with Gasteiger partial charge in [-0.15, -0.1) is 0 Å². The molecule has 7 nitrogen and oxygen atoms in total. The number of benzene rings is 2. The molecule has 27 heavy (non-hydrogen) atoms. The molecule has 2 amide bonds. The maximum Gasteiger partial charge on any atom is 0.230 e. The standard InChI is InChI=1S/C20H20N4O3/c1-13(25)22-20-23-17-9-3-2-8-16(17)19(24-20)14-6-4-7-15(12-14)27-11-5-10-18(21)26/h2-4,6-9,12H,5,10-11H2,1H3,(H2,21,26)(H,22,23,24,25). The predicted molar refractivity (Wildman–Crippen MR) is 103 cm³/mol. The van der Waals surface area contributed by atoms with Crippen molar-refractivity contribution in [2.24, 2.45) is 5.73 Å². The van der Waals surface area contributed by atoms with Crippen LogP contribution in [0, 0.1) is 0 Å². The quantitative estimate of drug-likeness (QED) is 0.627. The van der Waals surface area contributed by atoms with E-state index in [4.69, 9.17) is 10.5 Å². The van der Waals surface area contributed by atoms with Crippen molar-refractivity contribution in [3.05, 3.63) is 48.5 Å². The fourth-order valence-electron chi connectivity index (χ4n) is 2.68. The lowest BCUT2D eigenvalue weighted by Crippen LogP contribution is -2.11. The zero-order valence-corrected chi connectivity index (χ0v) is 14.9. The Kier molecular flexibility index (Phi) is 5.61. The number of rotatable bonds is 7. The van der Waals surface area contributed by atoms with E-state index < -0.39 is 0 Å². The number of nitrogens with zero attached hydrogens (tertiary/aromatic N) is 2. The largest absolute Gasteiger partial charge is 0.494 e. The van der Waals surface area contributed by atoms with Gasteiger partial charge in [0.15, 0.2) is 0 Å². The highest BCUT2D eigenvalue weighted by Gasteiger charge is 2.11. The number of ether oxygens (including phenoxy) is 1. The van der Waals surface area contributed by atoms with E-state index >= 15 is 0 Å². The number of aromatic nitrogens is 2. The van der Waals surface area contributed by atoms with Crippen LogP contribution in [0.4, 0.5) is 5.95 Å². The van der Waals surface area contributed by atoms with Crippen molar-refractivity contribution in [3.8, 4) is 17.0 Å². The molecular formula is C20H20N4O3. The number of hydrogen-bond donors (Lipinski definition) is 2. The summed E-state index contributed by atoms with van der Waals surface area (Å²) in [5.74, 6) is 0.345. The lowest BCUT2D eigenvalue weighted by atomic mass is 10.1. The first kappa shape index (κ1) is 18.3. The summed E-state index contributed by atoms with van der Waals surface area (Å²) in [6.07, 6.45) is 0.846. The molecule has 0 fully saturated rings. The average Bonchev–Trinajstić information content (AvgIpc) is 2.64. The number of para-hydroxylation sites is 1. The van der Waals surface area contributed by atoms with Gasteiger partial charge >= 0.3 is 0 Å². The van der Waals surface area contributed by atoms with Crippen molar-refractivity contribution in [2.45, 2.75) is 19.8 Å². The average molecular weight is 364 g/mol. The van der Waals surface area contributed by atoms with Gasteiger partial charge in [-0.1, -0.05) is 30.3 Å². The lowest BCUT2D eigenvalue weighted by Gasteiger charge is -2.11. The van der Waals surface area contributed by atoms with Crippen molar-refractivity contribution < 1.29 is 14.3 Å². The van der Waals surface area contributed by atoms with Crippen LogP contribution in [-0.4, -0.2) is 28.4 Å². The molecule has 3 N–H and O–H groups in total. The number of carbonyl (C=O) groups excluding carboxylic acids is 2. The third-order valence-corrected chi connectivity index (χ3v) is 3.83. The van der Waals surface area contributed by atoms with Gasteiger partial charge < -0.3 is 10.5 Å². The molecule has 7 heteroatoms. The van der Waals surface area contributed by atoms with E-state index in [1.807, 2.05) is 48.5 Å². The van der Waals surface area contributed by atoms with Crippen molar-refractivity contribution in [3.63, 3.8) is 0 Å². The minimum atomic E-state index is -0.342. The molecule has 0 bridgehead atoms. The van der Waals surface area contributed by atoms with Gasteiger partial charge in [0.05, 0.1) is 17.8 Å². The van der Waals surface area contributed by atoms with Crippen LogP contribution < -0.4 is 15.8 Å². The highest BCUT2D eigenvalue weighted by Crippen LogP contribution is 2.29. The minimum absolute atomic E-state index is 0.234. The number of anilines is 1. The molecule has 0 radical (unpaired) electrons. The Morgan fingerprint density at radius 3 is 2.70 bits per heavy atom. The molecule has 1 aromatic heterocycles. The summed E-state index contributed by atoms with van der Waals surface area (Å²) in [5.41, 5.74) is 7.41. The molecule has 0 saturated carbocycles. The number of carbonyl (C=O) groups is 2. The molecule has 0 atom stereocenters. The molecule has 0 aliphatic rings. The first-order chi connectivity index (χ1) is 13.0. The zero-order valence-electron chi connectivity index (χ0n) is 14.9. The molecule has 0 aliphatic carbocycles. The van der Waals surface area contributed by atoms with Crippen LogP contribution in [0.15, 0.2) is 48.5 Å². The first-order valence-corrected chi connectivity index (χ1v) is 8.59. The van der Waals surface area contributed by atoms with Gasteiger partial charge in [-0.3, -0.25) is 14.9 Å². The van der Waals surface area contributed by atoms with Gasteiger partial charge in [-0.2, -0.15) is 0 Å². The SMILES string of the molecule is CC(=O)Nc1nc(-c2cccc(OCCCC(N)=O)c2)c2ccccc2n1. The molecule has 1 heterocycles. The van der Waals surface area contributed by atoms with E-state index in [0.29, 0.717) is 24.5 Å². The van der Waals surface area contributed by atoms with Crippen LogP contribution in [0.1, 0.15) is 19.8 Å². The van der Waals surface area contributed by atoms with Gasteiger partial charge in [-0.25, -0.2) is 9.97 Å². The van der Waals surface area contributed by atoms with E-state index in [0.717, 1.165) is 16.5 Å². The molecule has 3 rings (SSSR count). The summed E-state index contributed by atoms with van der Waals surface area (Å²) >= 11 is 0. The minimum Gasteiger partial charge on any atom is -0.494 e. The smallest absolute Gasteiger partial charge is 0.230 e. The summed E-state index contributed by atoms with van der Waals surface area (Å²) in [6.45, 7) is 1.81. The Labute approximate surface area is 156 Å². The van der Waals surface area contributed by atoms with Gasteiger partial charge in [0, 0.05) is 24.3 Å². The zero-order chi connectivity index (χ0) is 19.2. The second kappa shape index (κ2) is 8.27. The lowest BCUT2D eigenvalue weighted by molar-refractivity contribution is -0.118. The second-order valence-corrected chi connectivity index (χ2v) is 6.04. The number of fused-ring (bicyclic) bond motifs is 1. The van der Waals surface area contributed by atoms with Crippen molar-refractivity contribution in [2.75, 3.05) is 11.9 Å².